The van der Waals surface area contributed by atoms with Crippen LogP contribution in [0, 0.1) is 0 Å². The van der Waals surface area contributed by atoms with Gasteiger partial charge in [0.25, 0.3) is 0 Å². The van der Waals surface area contributed by atoms with Crippen LogP contribution in [0.4, 0.5) is 0 Å². The molecule has 1 aliphatic rings. The van der Waals surface area contributed by atoms with Crippen LogP contribution in [0.5, 0.6) is 0 Å². The van der Waals surface area contributed by atoms with Gasteiger partial charge in [0.15, 0.2) is 5.76 Å². The van der Waals surface area contributed by atoms with Crippen molar-refractivity contribution >= 4 is 5.78 Å². The molecule has 0 aromatic carbocycles. The summed E-state index contributed by atoms with van der Waals surface area (Å²) < 4.78 is 5.15. The lowest BCUT2D eigenvalue weighted by molar-refractivity contribution is -0.114. The largest absolute Gasteiger partial charge is 0.490 e. The highest BCUT2D eigenvalue weighted by molar-refractivity contribution is 6.02. The number of carbonyl (C=O) groups excluding carboxylic acids is 1. The minimum absolute atomic E-state index is 0.0211. The summed E-state index contributed by atoms with van der Waals surface area (Å²) in [6.45, 7) is 2.50. The first kappa shape index (κ1) is 8.05. The van der Waals surface area contributed by atoms with E-state index in [1.54, 1.807) is 6.08 Å². The molecule has 0 saturated heterocycles. The molecule has 0 radical (unpaired) electrons. The zero-order valence-electron chi connectivity index (χ0n) is 6.67. The Hall–Kier alpha value is -1.05. The summed E-state index contributed by atoms with van der Waals surface area (Å²) in [6, 6.07) is 0. The Kier molecular flexibility index (Phi) is 2.90. The van der Waals surface area contributed by atoms with Gasteiger partial charge in [0.05, 0.1) is 6.61 Å². The quantitative estimate of drug-likeness (QED) is 0.564. The van der Waals surface area contributed by atoms with Gasteiger partial charge in [-0.15, -0.1) is 0 Å². The Labute approximate surface area is 66.5 Å². The highest BCUT2D eigenvalue weighted by Crippen LogP contribution is 2.10. The molecule has 0 atom stereocenters. The third kappa shape index (κ3) is 2.22. The van der Waals surface area contributed by atoms with Crippen molar-refractivity contribution in [2.75, 3.05) is 6.61 Å². The van der Waals surface area contributed by atoms with Gasteiger partial charge >= 0.3 is 0 Å². The van der Waals surface area contributed by atoms with Gasteiger partial charge in [-0.2, -0.15) is 0 Å². The first-order valence-corrected chi connectivity index (χ1v) is 3.84. The summed E-state index contributed by atoms with van der Waals surface area (Å²) in [4.78, 5) is 11.1. The molecule has 0 spiro atoms. The minimum Gasteiger partial charge on any atom is -0.490 e. The lowest BCUT2D eigenvalue weighted by atomic mass is 10.2. The van der Waals surface area contributed by atoms with Crippen molar-refractivity contribution in [3.63, 3.8) is 0 Å². The van der Waals surface area contributed by atoms with Gasteiger partial charge in [0.1, 0.15) is 0 Å². The molecule has 1 heterocycles. The number of allylic oxidation sites excluding steroid dienone is 3. The van der Waals surface area contributed by atoms with Crippen molar-refractivity contribution in [2.24, 2.45) is 0 Å². The SMILES string of the molecule is C/C=C/C(=O)C1=CCCCO1. The normalized spacial score (nSPS) is 17.7. The van der Waals surface area contributed by atoms with Crippen molar-refractivity contribution in [3.8, 4) is 0 Å². The molecule has 0 aromatic heterocycles. The fraction of sp³-hybridized carbons (Fsp3) is 0.444. The molecule has 0 aromatic rings. The van der Waals surface area contributed by atoms with E-state index in [0.717, 1.165) is 12.8 Å². The molecule has 0 unspecified atom stereocenters. The average Bonchev–Trinajstić information content (AvgIpc) is 2.07. The lowest BCUT2D eigenvalue weighted by Gasteiger charge is -2.11. The maximum absolute atomic E-state index is 11.1. The van der Waals surface area contributed by atoms with Crippen LogP contribution in [-0.4, -0.2) is 12.4 Å². The Balaban J connectivity index is 2.58. The molecule has 2 nitrogen and oxygen atoms in total. The van der Waals surface area contributed by atoms with Gasteiger partial charge in [-0.3, -0.25) is 4.79 Å². The second kappa shape index (κ2) is 3.96. The zero-order chi connectivity index (χ0) is 8.10. The third-order valence-corrected chi connectivity index (χ3v) is 1.50. The first-order valence-electron chi connectivity index (χ1n) is 3.84. The summed E-state index contributed by atoms with van der Waals surface area (Å²) >= 11 is 0. The van der Waals surface area contributed by atoms with E-state index >= 15 is 0 Å². The van der Waals surface area contributed by atoms with Crippen molar-refractivity contribution in [1.82, 2.24) is 0 Å². The van der Waals surface area contributed by atoms with E-state index in [1.165, 1.54) is 6.08 Å². The molecule has 11 heavy (non-hydrogen) atoms. The Morgan fingerprint density at radius 3 is 3.09 bits per heavy atom. The maximum atomic E-state index is 11.1. The molecule has 0 amide bonds. The summed E-state index contributed by atoms with van der Waals surface area (Å²) in [7, 11) is 0. The Morgan fingerprint density at radius 2 is 2.55 bits per heavy atom. The predicted molar refractivity (Wildman–Crippen MR) is 43.1 cm³/mol. The smallest absolute Gasteiger partial charge is 0.219 e. The van der Waals surface area contributed by atoms with E-state index in [9.17, 15) is 4.79 Å². The second-order valence-corrected chi connectivity index (χ2v) is 2.42. The zero-order valence-corrected chi connectivity index (χ0v) is 6.67. The Morgan fingerprint density at radius 1 is 1.73 bits per heavy atom. The minimum atomic E-state index is -0.0211. The molecule has 0 saturated carbocycles. The van der Waals surface area contributed by atoms with Crippen LogP contribution in [0.1, 0.15) is 19.8 Å². The maximum Gasteiger partial charge on any atom is 0.219 e. The molecular formula is C9H12O2. The fourth-order valence-corrected chi connectivity index (χ4v) is 0.963. The van der Waals surface area contributed by atoms with E-state index in [2.05, 4.69) is 0 Å². The molecule has 0 aliphatic carbocycles. The lowest BCUT2D eigenvalue weighted by Crippen LogP contribution is -2.08. The van der Waals surface area contributed by atoms with Crippen LogP contribution < -0.4 is 0 Å². The van der Waals surface area contributed by atoms with Crippen LogP contribution in [-0.2, 0) is 9.53 Å². The van der Waals surface area contributed by atoms with Crippen LogP contribution in [0.25, 0.3) is 0 Å². The number of ether oxygens (including phenoxy) is 1. The second-order valence-electron chi connectivity index (χ2n) is 2.42. The van der Waals surface area contributed by atoms with Gasteiger partial charge in [0, 0.05) is 0 Å². The third-order valence-electron chi connectivity index (χ3n) is 1.50. The fourth-order valence-electron chi connectivity index (χ4n) is 0.963. The van der Waals surface area contributed by atoms with Crippen molar-refractivity contribution in [2.45, 2.75) is 19.8 Å². The predicted octanol–water partition coefficient (Wildman–Crippen LogP) is 1.83. The topological polar surface area (TPSA) is 26.3 Å². The van der Waals surface area contributed by atoms with E-state index in [-0.39, 0.29) is 5.78 Å². The monoisotopic (exact) mass is 152 g/mol. The summed E-state index contributed by atoms with van der Waals surface area (Å²) in [5.41, 5.74) is 0. The van der Waals surface area contributed by atoms with Gasteiger partial charge in [-0.05, 0) is 31.9 Å². The van der Waals surface area contributed by atoms with Gasteiger partial charge in [-0.25, -0.2) is 0 Å². The van der Waals surface area contributed by atoms with Gasteiger partial charge in [-0.1, -0.05) is 6.08 Å². The molecule has 1 rings (SSSR count). The molecule has 0 fully saturated rings. The molecule has 60 valence electrons. The van der Waals surface area contributed by atoms with E-state index in [4.69, 9.17) is 4.74 Å². The van der Waals surface area contributed by atoms with E-state index in [0.29, 0.717) is 12.4 Å². The number of rotatable bonds is 2. The molecule has 0 bridgehead atoms. The van der Waals surface area contributed by atoms with Crippen molar-refractivity contribution in [3.05, 3.63) is 24.0 Å². The van der Waals surface area contributed by atoms with Crippen molar-refractivity contribution in [1.29, 1.82) is 0 Å². The Bertz CT molecular complexity index is 202. The van der Waals surface area contributed by atoms with E-state index < -0.39 is 0 Å². The summed E-state index contributed by atoms with van der Waals surface area (Å²) in [5.74, 6) is 0.488. The summed E-state index contributed by atoms with van der Waals surface area (Å²) in [5, 5.41) is 0. The van der Waals surface area contributed by atoms with Crippen molar-refractivity contribution < 1.29 is 9.53 Å². The molecular weight excluding hydrogens is 140 g/mol. The molecule has 1 aliphatic heterocycles. The highest BCUT2D eigenvalue weighted by atomic mass is 16.5. The van der Waals surface area contributed by atoms with Gasteiger partial charge in [0.2, 0.25) is 5.78 Å². The van der Waals surface area contributed by atoms with Crippen LogP contribution in [0.15, 0.2) is 24.0 Å². The standard InChI is InChI=1S/C9H12O2/c1-2-5-8(10)9-6-3-4-7-11-9/h2,5-6H,3-4,7H2,1H3/b5-2+. The van der Waals surface area contributed by atoms with Crippen LogP contribution in [0.2, 0.25) is 0 Å². The number of hydrogen-bond acceptors (Lipinski definition) is 2. The van der Waals surface area contributed by atoms with Gasteiger partial charge < -0.3 is 4.74 Å². The molecule has 2 heteroatoms. The highest BCUT2D eigenvalue weighted by Gasteiger charge is 2.09. The average molecular weight is 152 g/mol. The summed E-state index contributed by atoms with van der Waals surface area (Å²) in [6.07, 6.45) is 7.08. The molecule has 0 N–H and O–H groups in total. The van der Waals surface area contributed by atoms with Crippen LogP contribution >= 0.6 is 0 Å². The number of hydrogen-bond donors (Lipinski definition) is 0. The van der Waals surface area contributed by atoms with E-state index in [1.807, 2.05) is 13.0 Å². The number of ketones is 1. The van der Waals surface area contributed by atoms with Crippen LogP contribution in [0.3, 0.4) is 0 Å². The first-order chi connectivity index (χ1) is 5.34. The number of carbonyl (C=O) groups is 1.